The first-order valence-electron chi connectivity index (χ1n) is 36.8. The molecule has 4 aliphatic carbocycles. The Kier molecular flexibility index (Phi) is 14.4. The monoisotopic (exact) mass is 1330 g/mol. The Hall–Kier alpha value is -12.1. The summed E-state index contributed by atoms with van der Waals surface area (Å²) in [5, 5.41) is 5.00. The minimum atomic E-state index is -0.236. The molecule has 0 aromatic heterocycles. The molecule has 0 atom stereocenters. The first-order chi connectivity index (χ1) is 50.5. The molecular formula is C102H80N2. The molecule has 0 fully saturated rings. The molecule has 0 radical (unpaired) electrons. The highest BCUT2D eigenvalue weighted by molar-refractivity contribution is 5.95. The minimum absolute atomic E-state index is 0.132. The SMILES string of the molecule is CC1(C)c2ccccc2-c2ccc(N(c3ccc(-c4ccc5ccccc5c4)cc3)c3ccc4c(c3)C(C)(C)c3cc(C=Cc5ccc(C=Cc6ccc7c(c6)C(C)(C)c6cc(N(c8ccc(-c9ccc%10ccccc%10c9)cc8)c8ccc9c(c8)C(C)(C)c8ccccc8-9)ccc6-7)cc5)ccc3-4)cc21. The van der Waals surface area contributed by atoms with Gasteiger partial charge in [0.1, 0.15) is 0 Å². The average molecular weight is 1330 g/mol. The summed E-state index contributed by atoms with van der Waals surface area (Å²) >= 11 is 0. The van der Waals surface area contributed by atoms with E-state index in [0.29, 0.717) is 0 Å². The number of anilines is 6. The Morgan fingerprint density at radius 3 is 0.788 bits per heavy atom. The van der Waals surface area contributed by atoms with Gasteiger partial charge in [-0.3, -0.25) is 0 Å². The molecule has 0 aliphatic heterocycles. The van der Waals surface area contributed by atoms with Crippen LogP contribution in [0.1, 0.15) is 122 Å². The van der Waals surface area contributed by atoms with E-state index in [9.17, 15) is 0 Å². The van der Waals surface area contributed by atoms with Gasteiger partial charge in [-0.15, -0.1) is 0 Å². The molecule has 0 saturated heterocycles. The van der Waals surface area contributed by atoms with Gasteiger partial charge in [0, 0.05) is 55.8 Å². The van der Waals surface area contributed by atoms with Gasteiger partial charge in [-0.2, -0.15) is 0 Å². The number of hydrogen-bond acceptors (Lipinski definition) is 2. The highest BCUT2D eigenvalue weighted by Crippen LogP contribution is 2.56. The van der Waals surface area contributed by atoms with Crippen molar-refractivity contribution in [1.82, 2.24) is 0 Å². The van der Waals surface area contributed by atoms with E-state index in [1.807, 2.05) is 0 Å². The fraction of sp³-hybridized carbons (Fsp3) is 0.118. The van der Waals surface area contributed by atoms with Crippen molar-refractivity contribution in [3.63, 3.8) is 0 Å². The molecule has 0 saturated carbocycles. The second kappa shape index (κ2) is 23.7. The van der Waals surface area contributed by atoms with Crippen LogP contribution < -0.4 is 9.80 Å². The first kappa shape index (κ1) is 62.9. The minimum Gasteiger partial charge on any atom is -0.310 e. The number of nitrogens with zero attached hydrogens (tertiary/aromatic N) is 2. The van der Waals surface area contributed by atoms with Crippen molar-refractivity contribution in [3.05, 3.63) is 382 Å². The van der Waals surface area contributed by atoms with Crippen LogP contribution in [0.5, 0.6) is 0 Å². The third-order valence-corrected chi connectivity index (χ3v) is 23.8. The largest absolute Gasteiger partial charge is 0.310 e. The predicted molar refractivity (Wildman–Crippen MR) is 443 cm³/mol. The van der Waals surface area contributed by atoms with E-state index in [-0.39, 0.29) is 21.7 Å². The molecule has 0 unspecified atom stereocenters. The molecule has 15 aromatic carbocycles. The van der Waals surface area contributed by atoms with E-state index < -0.39 is 0 Å². The van der Waals surface area contributed by atoms with E-state index in [4.69, 9.17) is 0 Å². The molecule has 4 aliphatic rings. The molecule has 0 spiro atoms. The van der Waals surface area contributed by atoms with Gasteiger partial charge in [-0.05, 0) is 240 Å². The van der Waals surface area contributed by atoms with Crippen molar-refractivity contribution < 1.29 is 0 Å². The summed E-state index contributed by atoms with van der Waals surface area (Å²) in [7, 11) is 0. The summed E-state index contributed by atoms with van der Waals surface area (Å²) in [6.45, 7) is 19.1. The third kappa shape index (κ3) is 10.2. The number of rotatable bonds is 12. The Morgan fingerprint density at radius 2 is 0.433 bits per heavy atom. The zero-order valence-corrected chi connectivity index (χ0v) is 60.2. The van der Waals surface area contributed by atoms with E-state index in [2.05, 4.69) is 405 Å². The van der Waals surface area contributed by atoms with Gasteiger partial charge in [0.05, 0.1) is 0 Å². The van der Waals surface area contributed by atoms with Crippen LogP contribution in [0.4, 0.5) is 34.1 Å². The summed E-state index contributed by atoms with van der Waals surface area (Å²) < 4.78 is 0. The lowest BCUT2D eigenvalue weighted by Crippen LogP contribution is -2.18. The maximum absolute atomic E-state index is 2.47. The molecule has 15 aromatic rings. The second-order valence-electron chi connectivity index (χ2n) is 31.3. The number of fused-ring (bicyclic) bond motifs is 14. The zero-order chi connectivity index (χ0) is 70.4. The second-order valence-corrected chi connectivity index (χ2v) is 31.3. The van der Waals surface area contributed by atoms with Crippen LogP contribution >= 0.6 is 0 Å². The highest BCUT2D eigenvalue weighted by atomic mass is 15.1. The van der Waals surface area contributed by atoms with Crippen LogP contribution in [0.2, 0.25) is 0 Å². The van der Waals surface area contributed by atoms with Gasteiger partial charge in [-0.1, -0.05) is 310 Å². The molecule has 2 nitrogen and oxygen atoms in total. The predicted octanol–water partition coefficient (Wildman–Crippen LogP) is 27.8. The summed E-state index contributed by atoms with van der Waals surface area (Å²) in [5.74, 6) is 0. The Morgan fingerprint density at radius 1 is 0.183 bits per heavy atom. The van der Waals surface area contributed by atoms with Gasteiger partial charge in [0.15, 0.2) is 0 Å². The summed E-state index contributed by atoms with van der Waals surface area (Å²) in [5.41, 5.74) is 37.0. The Bertz CT molecular complexity index is 5710. The van der Waals surface area contributed by atoms with E-state index in [1.165, 1.54) is 144 Å². The van der Waals surface area contributed by atoms with Crippen molar-refractivity contribution in [1.29, 1.82) is 0 Å². The maximum atomic E-state index is 2.47. The van der Waals surface area contributed by atoms with Gasteiger partial charge in [-0.25, -0.2) is 0 Å². The van der Waals surface area contributed by atoms with Gasteiger partial charge < -0.3 is 9.80 Å². The summed E-state index contributed by atoms with van der Waals surface area (Å²) in [6.07, 6.45) is 9.05. The molecule has 0 bridgehead atoms. The zero-order valence-electron chi connectivity index (χ0n) is 60.2. The van der Waals surface area contributed by atoms with Crippen LogP contribution in [-0.2, 0) is 21.7 Å². The topological polar surface area (TPSA) is 6.48 Å². The van der Waals surface area contributed by atoms with Crippen molar-refractivity contribution in [3.8, 4) is 66.8 Å². The summed E-state index contributed by atoms with van der Waals surface area (Å²) in [4.78, 5) is 4.94. The lowest BCUT2D eigenvalue weighted by atomic mass is 9.81. The molecule has 498 valence electrons. The average Bonchev–Trinajstić information content (AvgIpc) is 1.58. The van der Waals surface area contributed by atoms with Crippen LogP contribution in [0.3, 0.4) is 0 Å². The maximum Gasteiger partial charge on any atom is 0.0465 e. The normalized spacial score (nSPS) is 14.8. The van der Waals surface area contributed by atoms with E-state index in [1.54, 1.807) is 0 Å². The fourth-order valence-corrected chi connectivity index (χ4v) is 18.0. The Balaban J connectivity index is 0.572. The molecule has 0 amide bonds. The van der Waals surface area contributed by atoms with Gasteiger partial charge in [0.2, 0.25) is 0 Å². The number of benzene rings is 15. The highest BCUT2D eigenvalue weighted by Gasteiger charge is 2.41. The lowest BCUT2D eigenvalue weighted by molar-refractivity contribution is 0.659. The Labute approximate surface area is 611 Å². The molecular weight excluding hydrogens is 1250 g/mol. The van der Waals surface area contributed by atoms with Crippen LogP contribution in [0.15, 0.2) is 315 Å². The fourth-order valence-electron chi connectivity index (χ4n) is 18.0. The van der Waals surface area contributed by atoms with Crippen molar-refractivity contribution in [2.75, 3.05) is 9.80 Å². The van der Waals surface area contributed by atoms with Gasteiger partial charge >= 0.3 is 0 Å². The van der Waals surface area contributed by atoms with Crippen LogP contribution in [-0.4, -0.2) is 0 Å². The van der Waals surface area contributed by atoms with Crippen molar-refractivity contribution in [2.45, 2.75) is 77.0 Å². The van der Waals surface area contributed by atoms with Crippen LogP contribution in [0.25, 0.3) is 113 Å². The first-order valence-corrected chi connectivity index (χ1v) is 36.8. The third-order valence-electron chi connectivity index (χ3n) is 23.8. The number of hydrogen-bond donors (Lipinski definition) is 0. The molecule has 0 N–H and O–H groups in total. The molecule has 2 heteroatoms. The molecule has 0 heterocycles. The molecule has 104 heavy (non-hydrogen) atoms. The quantitative estimate of drug-likeness (QED) is 0.113. The van der Waals surface area contributed by atoms with E-state index in [0.717, 1.165) is 45.3 Å². The van der Waals surface area contributed by atoms with Crippen molar-refractivity contribution >= 4 is 80.0 Å². The lowest BCUT2D eigenvalue weighted by Gasteiger charge is -2.30. The molecule has 19 rings (SSSR count). The summed E-state index contributed by atoms with van der Waals surface area (Å²) in [6, 6.07) is 119. The standard InChI is InChI=1S/C102H80N2/c1-99(2)91-23-15-13-21-83(91)87-53-47-79(61-95(87)99)103(77-43-39-71(40-44-77)75-37-35-69-17-9-11-19-73(69)59-75)81-49-55-89-85-51-33-67(57-93(85)101(5,6)97(89)63-81)31-29-65-25-27-66(28-26-65)30-32-68-34-52-86-90-56-50-82(64-98(90)102(7,8)94(86)58-68)104(80-48-54-88-84-22-14-16-24-92(84)100(3,4)96(88)62-80)78-45-41-72(42-46-78)76-38-36-70-18-10-12-20-74(70)60-76/h9-64H,1-8H3. The van der Waals surface area contributed by atoms with E-state index >= 15 is 0 Å². The van der Waals surface area contributed by atoms with Crippen LogP contribution in [0, 0.1) is 0 Å². The van der Waals surface area contributed by atoms with Gasteiger partial charge in [0.25, 0.3) is 0 Å². The van der Waals surface area contributed by atoms with Crippen molar-refractivity contribution in [2.24, 2.45) is 0 Å². The smallest absolute Gasteiger partial charge is 0.0465 e.